The number of hydrogen-bond acceptors (Lipinski definition) is 3. The van der Waals surface area contributed by atoms with Gasteiger partial charge in [0.15, 0.2) is 0 Å². The van der Waals surface area contributed by atoms with Gasteiger partial charge in [0, 0.05) is 6.42 Å². The van der Waals surface area contributed by atoms with E-state index in [2.05, 4.69) is 0 Å². The van der Waals surface area contributed by atoms with Crippen LogP contribution in [0.25, 0.3) is 11.1 Å². The molecule has 5 heteroatoms. The van der Waals surface area contributed by atoms with Gasteiger partial charge in [-0.25, -0.2) is 9.59 Å². The second kappa shape index (κ2) is 7.07. The van der Waals surface area contributed by atoms with Crippen molar-refractivity contribution in [2.45, 2.75) is 38.4 Å². The predicted molar refractivity (Wildman–Crippen MR) is 94.4 cm³/mol. The first-order valence-corrected chi connectivity index (χ1v) is 7.95. The standard InChI is InChI=1S/C20H22O5/c1-19(2,3)25-20(17(21)22,18(23)24)13-14-9-11-16(12-10-14)15-7-5-4-6-8-15/h4-12H,13H2,1-3H3,(H,21,22)(H,23,24). The van der Waals surface area contributed by atoms with Crippen LogP contribution in [0.1, 0.15) is 26.3 Å². The molecule has 0 amide bonds. The van der Waals surface area contributed by atoms with E-state index in [1.807, 2.05) is 42.5 Å². The lowest BCUT2D eigenvalue weighted by molar-refractivity contribution is -0.199. The third-order valence-electron chi connectivity index (χ3n) is 3.69. The summed E-state index contributed by atoms with van der Waals surface area (Å²) in [6, 6.07) is 16.9. The van der Waals surface area contributed by atoms with Gasteiger partial charge in [0.05, 0.1) is 5.60 Å². The van der Waals surface area contributed by atoms with Crippen molar-refractivity contribution in [2.24, 2.45) is 0 Å². The fraction of sp³-hybridized carbons (Fsp3) is 0.300. The first kappa shape index (κ1) is 18.7. The molecule has 0 aromatic heterocycles. The summed E-state index contributed by atoms with van der Waals surface area (Å²) in [5.74, 6) is -3.02. The molecule has 0 bridgehead atoms. The second-order valence-corrected chi connectivity index (χ2v) is 6.89. The number of benzene rings is 2. The van der Waals surface area contributed by atoms with Crippen LogP contribution in [-0.2, 0) is 20.7 Å². The average Bonchev–Trinajstić information content (AvgIpc) is 2.54. The number of aliphatic carboxylic acids is 2. The number of hydrogen-bond donors (Lipinski definition) is 2. The molecule has 0 radical (unpaired) electrons. The summed E-state index contributed by atoms with van der Waals surface area (Å²) in [5.41, 5.74) is -0.665. The summed E-state index contributed by atoms with van der Waals surface area (Å²) in [6.45, 7) is 4.89. The molecule has 0 saturated carbocycles. The Morgan fingerprint density at radius 2 is 1.32 bits per heavy atom. The van der Waals surface area contributed by atoms with Crippen molar-refractivity contribution in [3.05, 3.63) is 60.2 Å². The molecule has 0 atom stereocenters. The highest BCUT2D eigenvalue weighted by molar-refractivity contribution is 6.02. The smallest absolute Gasteiger partial charge is 0.348 e. The van der Waals surface area contributed by atoms with Crippen LogP contribution in [0.5, 0.6) is 0 Å². The molecule has 0 unspecified atom stereocenters. The highest BCUT2D eigenvalue weighted by atomic mass is 16.6. The SMILES string of the molecule is CC(C)(C)OC(Cc1ccc(-c2ccccc2)cc1)(C(=O)O)C(=O)O. The van der Waals surface area contributed by atoms with Crippen LogP contribution in [0.15, 0.2) is 54.6 Å². The van der Waals surface area contributed by atoms with Crippen LogP contribution >= 0.6 is 0 Å². The molecule has 0 aliphatic rings. The van der Waals surface area contributed by atoms with Gasteiger partial charge in [-0.2, -0.15) is 0 Å². The van der Waals surface area contributed by atoms with Crippen molar-refractivity contribution in [3.8, 4) is 11.1 Å². The van der Waals surface area contributed by atoms with Crippen molar-refractivity contribution in [2.75, 3.05) is 0 Å². The Morgan fingerprint density at radius 1 is 0.840 bits per heavy atom. The van der Waals surface area contributed by atoms with E-state index in [4.69, 9.17) is 4.74 Å². The van der Waals surface area contributed by atoms with E-state index in [1.165, 1.54) is 0 Å². The summed E-state index contributed by atoms with van der Waals surface area (Å²) in [7, 11) is 0. The minimum absolute atomic E-state index is 0.260. The Bertz CT molecular complexity index is 728. The summed E-state index contributed by atoms with van der Waals surface area (Å²) in [6.07, 6.45) is -0.260. The Balaban J connectivity index is 2.33. The third-order valence-corrected chi connectivity index (χ3v) is 3.69. The number of ether oxygens (including phenoxy) is 1. The summed E-state index contributed by atoms with van der Waals surface area (Å²) in [5, 5.41) is 19.1. The molecule has 132 valence electrons. The molecule has 0 fully saturated rings. The zero-order valence-corrected chi connectivity index (χ0v) is 14.5. The zero-order valence-electron chi connectivity index (χ0n) is 14.5. The van der Waals surface area contributed by atoms with E-state index in [0.29, 0.717) is 5.56 Å². The van der Waals surface area contributed by atoms with Gasteiger partial charge >= 0.3 is 11.9 Å². The molecule has 2 aromatic rings. The van der Waals surface area contributed by atoms with Crippen LogP contribution in [0.4, 0.5) is 0 Å². The molecule has 25 heavy (non-hydrogen) atoms. The van der Waals surface area contributed by atoms with Gasteiger partial charge in [-0.15, -0.1) is 0 Å². The topological polar surface area (TPSA) is 83.8 Å². The largest absolute Gasteiger partial charge is 0.479 e. The van der Waals surface area contributed by atoms with E-state index in [-0.39, 0.29) is 6.42 Å². The maximum Gasteiger partial charge on any atom is 0.348 e. The first-order chi connectivity index (χ1) is 11.6. The fourth-order valence-electron chi connectivity index (χ4n) is 2.62. The highest BCUT2D eigenvalue weighted by Crippen LogP contribution is 2.27. The number of carboxylic acids is 2. The van der Waals surface area contributed by atoms with Crippen LogP contribution in [0.3, 0.4) is 0 Å². The van der Waals surface area contributed by atoms with Crippen LogP contribution in [0.2, 0.25) is 0 Å². The van der Waals surface area contributed by atoms with Crippen molar-refractivity contribution < 1.29 is 24.5 Å². The minimum atomic E-state index is -2.33. The van der Waals surface area contributed by atoms with Crippen LogP contribution < -0.4 is 0 Å². The zero-order chi connectivity index (χ0) is 18.7. The monoisotopic (exact) mass is 342 g/mol. The molecule has 0 aliphatic heterocycles. The van der Waals surface area contributed by atoms with Gasteiger partial charge in [-0.05, 0) is 37.5 Å². The van der Waals surface area contributed by atoms with Gasteiger partial charge in [-0.1, -0.05) is 54.6 Å². The van der Waals surface area contributed by atoms with Crippen LogP contribution in [-0.4, -0.2) is 33.4 Å². The van der Waals surface area contributed by atoms with E-state index in [1.54, 1.807) is 32.9 Å². The molecule has 0 spiro atoms. The molecular weight excluding hydrogens is 320 g/mol. The normalized spacial score (nSPS) is 12.0. The quantitative estimate of drug-likeness (QED) is 0.783. The van der Waals surface area contributed by atoms with Gasteiger partial charge in [0.25, 0.3) is 5.60 Å². The predicted octanol–water partition coefficient (Wildman–Crippen LogP) is 3.62. The van der Waals surface area contributed by atoms with Gasteiger partial charge in [0.1, 0.15) is 0 Å². The number of carbonyl (C=O) groups is 2. The molecule has 2 N–H and O–H groups in total. The summed E-state index contributed by atoms with van der Waals surface area (Å²) in [4.78, 5) is 23.5. The molecule has 2 rings (SSSR count). The van der Waals surface area contributed by atoms with Crippen molar-refractivity contribution in [3.63, 3.8) is 0 Å². The fourth-order valence-corrected chi connectivity index (χ4v) is 2.62. The Hall–Kier alpha value is -2.66. The summed E-state index contributed by atoms with van der Waals surface area (Å²) >= 11 is 0. The molecule has 5 nitrogen and oxygen atoms in total. The molecule has 0 saturated heterocycles. The lowest BCUT2D eigenvalue weighted by Crippen LogP contribution is -2.54. The lowest BCUT2D eigenvalue weighted by atomic mass is 9.92. The molecule has 0 aliphatic carbocycles. The number of rotatable bonds is 6. The molecular formula is C20H22O5. The second-order valence-electron chi connectivity index (χ2n) is 6.89. The first-order valence-electron chi connectivity index (χ1n) is 7.95. The number of carboxylic acid groups (broad SMARTS) is 2. The van der Waals surface area contributed by atoms with E-state index >= 15 is 0 Å². The van der Waals surface area contributed by atoms with Crippen molar-refractivity contribution >= 4 is 11.9 Å². The van der Waals surface area contributed by atoms with E-state index < -0.39 is 23.1 Å². The van der Waals surface area contributed by atoms with Gasteiger partial charge in [0.2, 0.25) is 0 Å². The molecule has 2 aromatic carbocycles. The van der Waals surface area contributed by atoms with Crippen LogP contribution in [0, 0.1) is 0 Å². The average molecular weight is 342 g/mol. The lowest BCUT2D eigenvalue weighted by Gasteiger charge is -2.33. The van der Waals surface area contributed by atoms with E-state index in [0.717, 1.165) is 11.1 Å². The highest BCUT2D eigenvalue weighted by Gasteiger charge is 2.50. The van der Waals surface area contributed by atoms with Gasteiger partial charge < -0.3 is 14.9 Å². The Kier molecular flexibility index (Phi) is 5.28. The minimum Gasteiger partial charge on any atom is -0.479 e. The van der Waals surface area contributed by atoms with E-state index in [9.17, 15) is 19.8 Å². The third kappa shape index (κ3) is 4.45. The van der Waals surface area contributed by atoms with Crippen molar-refractivity contribution in [1.29, 1.82) is 0 Å². The Morgan fingerprint density at radius 3 is 1.76 bits per heavy atom. The maximum atomic E-state index is 11.7. The maximum absolute atomic E-state index is 11.7. The molecule has 0 heterocycles. The Labute approximate surface area is 146 Å². The summed E-state index contributed by atoms with van der Waals surface area (Å²) < 4.78 is 5.47. The van der Waals surface area contributed by atoms with Gasteiger partial charge in [-0.3, -0.25) is 0 Å². The van der Waals surface area contributed by atoms with Crippen molar-refractivity contribution in [1.82, 2.24) is 0 Å².